The third-order valence-corrected chi connectivity index (χ3v) is 6.28. The van der Waals surface area contributed by atoms with Gasteiger partial charge in [0.15, 0.2) is 0 Å². The van der Waals surface area contributed by atoms with Gasteiger partial charge in [-0.3, -0.25) is 9.69 Å². The Morgan fingerprint density at radius 3 is 2.65 bits per heavy atom. The summed E-state index contributed by atoms with van der Waals surface area (Å²) < 4.78 is 18.5. The predicted molar refractivity (Wildman–Crippen MR) is 119 cm³/mol. The van der Waals surface area contributed by atoms with Crippen LogP contribution in [0.25, 0.3) is 0 Å². The van der Waals surface area contributed by atoms with Crippen LogP contribution in [0.1, 0.15) is 31.2 Å². The molecule has 4 rings (SSSR count). The molecule has 0 unspecified atom stereocenters. The molecule has 0 saturated carbocycles. The van der Waals surface area contributed by atoms with Crippen molar-refractivity contribution in [2.75, 3.05) is 32.8 Å². The zero-order valence-electron chi connectivity index (χ0n) is 18.0. The van der Waals surface area contributed by atoms with Crippen LogP contribution in [0.4, 0.5) is 4.39 Å². The second-order valence-corrected chi connectivity index (χ2v) is 8.50. The molecule has 0 aromatic heterocycles. The average Bonchev–Trinajstić information content (AvgIpc) is 3.38. The molecular weight excluding hydrogens is 393 g/mol. The number of amides is 1. The lowest BCUT2D eigenvalue weighted by Crippen LogP contribution is -2.44. The fraction of sp³-hybridized carbons (Fsp3) is 0.480. The summed E-state index contributed by atoms with van der Waals surface area (Å²) >= 11 is 0. The summed E-state index contributed by atoms with van der Waals surface area (Å²) in [5.41, 5.74) is 1.33. The highest BCUT2D eigenvalue weighted by atomic mass is 19.1. The lowest BCUT2D eigenvalue weighted by Gasteiger charge is -2.31. The quantitative estimate of drug-likeness (QED) is 0.593. The Kier molecular flexibility index (Phi) is 7.54. The molecule has 1 amide bonds. The smallest absolute Gasteiger partial charge is 0.223 e. The van der Waals surface area contributed by atoms with E-state index in [4.69, 9.17) is 4.74 Å². The fourth-order valence-electron chi connectivity index (χ4n) is 4.74. The number of carbonyl (C=O) groups excluding carboxylic acids is 1. The van der Waals surface area contributed by atoms with Crippen molar-refractivity contribution >= 4 is 5.91 Å². The molecule has 0 aliphatic carbocycles. The monoisotopic (exact) mass is 425 g/mol. The second kappa shape index (κ2) is 10.7. The van der Waals surface area contributed by atoms with Gasteiger partial charge in [-0.05, 0) is 55.6 Å². The van der Waals surface area contributed by atoms with E-state index in [0.717, 1.165) is 52.0 Å². The van der Waals surface area contributed by atoms with Crippen molar-refractivity contribution in [3.05, 3.63) is 66.0 Å². The molecule has 6 heteroatoms. The van der Waals surface area contributed by atoms with Crippen LogP contribution in [0.5, 0.6) is 5.75 Å². The Morgan fingerprint density at radius 2 is 1.84 bits per heavy atom. The Labute approximate surface area is 184 Å². The maximum Gasteiger partial charge on any atom is 0.223 e. The van der Waals surface area contributed by atoms with Crippen molar-refractivity contribution in [1.82, 2.24) is 15.1 Å². The first-order valence-electron chi connectivity index (χ1n) is 11.4. The van der Waals surface area contributed by atoms with Crippen LogP contribution in [0.3, 0.4) is 0 Å². The van der Waals surface area contributed by atoms with Crippen molar-refractivity contribution in [3.8, 4) is 5.75 Å². The zero-order chi connectivity index (χ0) is 21.5. The molecular formula is C25H32FN3O2. The zero-order valence-corrected chi connectivity index (χ0v) is 18.0. The van der Waals surface area contributed by atoms with E-state index in [1.807, 2.05) is 6.07 Å². The number of ether oxygens (including phenoxy) is 1. The number of nitrogens with zero attached hydrogens (tertiary/aromatic N) is 2. The molecule has 5 nitrogen and oxygen atoms in total. The maximum atomic E-state index is 12.9. The van der Waals surface area contributed by atoms with Gasteiger partial charge in [-0.15, -0.1) is 0 Å². The van der Waals surface area contributed by atoms with E-state index in [-0.39, 0.29) is 5.82 Å². The summed E-state index contributed by atoms with van der Waals surface area (Å²) in [6.45, 7) is 5.11. The van der Waals surface area contributed by atoms with Gasteiger partial charge in [0.25, 0.3) is 0 Å². The van der Waals surface area contributed by atoms with Crippen LogP contribution in [-0.2, 0) is 11.3 Å². The van der Waals surface area contributed by atoms with Crippen LogP contribution in [0.2, 0.25) is 0 Å². The molecule has 2 saturated heterocycles. The molecule has 2 heterocycles. The topological polar surface area (TPSA) is 44.8 Å². The molecule has 1 N–H and O–H groups in total. The molecule has 2 atom stereocenters. The molecule has 2 aliphatic heterocycles. The minimum Gasteiger partial charge on any atom is -0.492 e. The van der Waals surface area contributed by atoms with Crippen LogP contribution < -0.4 is 10.1 Å². The van der Waals surface area contributed by atoms with Crippen LogP contribution in [-0.4, -0.2) is 60.6 Å². The number of hydrogen-bond donors (Lipinski definition) is 1. The van der Waals surface area contributed by atoms with Crippen LogP contribution in [0, 0.1) is 5.82 Å². The third kappa shape index (κ3) is 6.05. The number of carbonyl (C=O) groups is 1. The summed E-state index contributed by atoms with van der Waals surface area (Å²) in [7, 11) is 0. The summed E-state index contributed by atoms with van der Waals surface area (Å²) in [6.07, 6.45) is 3.67. The maximum absolute atomic E-state index is 12.9. The van der Waals surface area contributed by atoms with Gasteiger partial charge in [0.05, 0.1) is 0 Å². The lowest BCUT2D eigenvalue weighted by molar-refractivity contribution is -0.131. The van der Waals surface area contributed by atoms with Gasteiger partial charge in [0.2, 0.25) is 5.91 Å². The fourth-order valence-corrected chi connectivity index (χ4v) is 4.74. The van der Waals surface area contributed by atoms with Gasteiger partial charge < -0.3 is 15.0 Å². The van der Waals surface area contributed by atoms with E-state index in [0.29, 0.717) is 36.8 Å². The highest BCUT2D eigenvalue weighted by Crippen LogP contribution is 2.28. The molecule has 31 heavy (non-hydrogen) atoms. The largest absolute Gasteiger partial charge is 0.492 e. The first-order chi connectivity index (χ1) is 15.2. The van der Waals surface area contributed by atoms with Gasteiger partial charge in [-0.25, -0.2) is 4.39 Å². The van der Waals surface area contributed by atoms with Gasteiger partial charge >= 0.3 is 0 Å². The highest BCUT2D eigenvalue weighted by Gasteiger charge is 2.38. The molecule has 2 aromatic carbocycles. The van der Waals surface area contributed by atoms with Gasteiger partial charge in [-0.2, -0.15) is 0 Å². The summed E-state index contributed by atoms with van der Waals surface area (Å²) in [4.78, 5) is 17.2. The Bertz CT molecular complexity index is 830. The number of rotatable bonds is 10. The predicted octanol–water partition coefficient (Wildman–Crippen LogP) is 3.45. The number of halogens is 1. The number of benzene rings is 2. The number of likely N-dealkylation sites (tertiary alicyclic amines) is 2. The van der Waals surface area contributed by atoms with Crippen LogP contribution >= 0.6 is 0 Å². The van der Waals surface area contributed by atoms with Crippen molar-refractivity contribution in [3.63, 3.8) is 0 Å². The van der Waals surface area contributed by atoms with Crippen molar-refractivity contribution < 1.29 is 13.9 Å². The molecule has 0 bridgehead atoms. The molecule has 0 radical (unpaired) electrons. The van der Waals surface area contributed by atoms with Gasteiger partial charge in [0.1, 0.15) is 18.2 Å². The first kappa shape index (κ1) is 21.8. The standard InChI is InChI=1S/C25H32FN3O2/c26-21-6-9-24(10-7-21)31-17-15-27-14-12-22-8-11-25(30)29(22)23-13-16-28(19-23)18-20-4-2-1-3-5-20/h1-7,9-10,22-23,27H,8,11-19H2/t22-,23+/m1/s1. The lowest BCUT2D eigenvalue weighted by atomic mass is 10.1. The highest BCUT2D eigenvalue weighted by molar-refractivity contribution is 5.79. The second-order valence-electron chi connectivity index (χ2n) is 8.50. The Morgan fingerprint density at radius 1 is 1.03 bits per heavy atom. The number of hydrogen-bond acceptors (Lipinski definition) is 4. The van der Waals surface area contributed by atoms with E-state index in [1.54, 1.807) is 12.1 Å². The third-order valence-electron chi connectivity index (χ3n) is 6.28. The summed E-state index contributed by atoms with van der Waals surface area (Å²) in [5.74, 6) is 0.736. The Balaban J connectivity index is 1.17. The van der Waals surface area contributed by atoms with Crippen molar-refractivity contribution in [2.45, 2.75) is 44.3 Å². The number of nitrogens with one attached hydrogen (secondary N) is 1. The first-order valence-corrected chi connectivity index (χ1v) is 11.4. The summed E-state index contributed by atoms with van der Waals surface area (Å²) in [6, 6.07) is 17.3. The van der Waals surface area contributed by atoms with Crippen LogP contribution in [0.15, 0.2) is 54.6 Å². The van der Waals surface area contributed by atoms with E-state index < -0.39 is 0 Å². The molecule has 2 fully saturated rings. The summed E-state index contributed by atoms with van der Waals surface area (Å²) in [5, 5.41) is 3.41. The van der Waals surface area contributed by atoms with E-state index in [9.17, 15) is 9.18 Å². The normalized spacial score (nSPS) is 21.7. The molecule has 166 valence electrons. The SMILES string of the molecule is O=C1CC[C@H](CCNCCOc2ccc(F)cc2)N1[C@H]1CCN(Cc2ccccc2)C1. The van der Waals surface area contributed by atoms with Crippen molar-refractivity contribution in [1.29, 1.82) is 0 Å². The molecule has 2 aliphatic rings. The van der Waals surface area contributed by atoms with E-state index >= 15 is 0 Å². The minimum atomic E-state index is -0.258. The van der Waals surface area contributed by atoms with Gasteiger partial charge in [-0.1, -0.05) is 30.3 Å². The van der Waals surface area contributed by atoms with Gasteiger partial charge in [0, 0.05) is 44.7 Å². The molecule has 0 spiro atoms. The van der Waals surface area contributed by atoms with E-state index in [1.165, 1.54) is 17.7 Å². The minimum absolute atomic E-state index is 0.258. The Hall–Kier alpha value is -2.44. The average molecular weight is 426 g/mol. The van der Waals surface area contributed by atoms with E-state index in [2.05, 4.69) is 39.4 Å². The molecule has 2 aromatic rings. The van der Waals surface area contributed by atoms with Crippen molar-refractivity contribution in [2.24, 2.45) is 0 Å².